The van der Waals surface area contributed by atoms with Crippen LogP contribution in [0.2, 0.25) is 0 Å². The number of hydrogen-bond acceptors (Lipinski definition) is 12. The van der Waals surface area contributed by atoms with E-state index in [1.807, 2.05) is 0 Å². The first kappa shape index (κ1) is 32.7. The molecular weight excluding hydrogens is 516 g/mol. The molecule has 0 aliphatic heterocycles. The van der Waals surface area contributed by atoms with Crippen molar-refractivity contribution in [3.05, 3.63) is 59.7 Å². The van der Waals surface area contributed by atoms with Gasteiger partial charge in [0, 0.05) is 51.2 Å². The number of hydrogen-bond donors (Lipinski definition) is 0. The van der Waals surface area contributed by atoms with Gasteiger partial charge < -0.3 is 28.4 Å². The van der Waals surface area contributed by atoms with Crippen LogP contribution in [0.3, 0.4) is 0 Å². The minimum absolute atomic E-state index is 0.00504. The molecule has 0 bridgehead atoms. The molecule has 0 heterocycles. The van der Waals surface area contributed by atoms with E-state index in [0.29, 0.717) is 13.0 Å². The topological polar surface area (TPSA) is 158 Å². The Balaban J connectivity index is 2.35. The highest BCUT2D eigenvalue weighted by molar-refractivity contribution is 6.03. The fraction of sp³-hybridized carbons (Fsp3) is 0.407. The Kier molecular flexibility index (Phi) is 16.6. The van der Waals surface area contributed by atoms with Crippen molar-refractivity contribution in [2.75, 3.05) is 46.8 Å². The van der Waals surface area contributed by atoms with Crippen molar-refractivity contribution in [3.63, 3.8) is 0 Å². The standard InChI is InChI=1S/C27H32O12/c1-20(28)10-11-23(29)36-16-6-18-38-26(32)21-8-3-4-9-22(21)27(33)39-19-7-17-37-25(31)13-12-24(30)35-15-5-14-34-2/h3-4,8-13H,5-7,14-19H2,1-2H3/b11-10+,13-12+. The van der Waals surface area contributed by atoms with Gasteiger partial charge in [-0.25, -0.2) is 24.0 Å². The zero-order valence-corrected chi connectivity index (χ0v) is 21.9. The highest BCUT2D eigenvalue weighted by Gasteiger charge is 2.19. The first-order valence-corrected chi connectivity index (χ1v) is 12.0. The van der Waals surface area contributed by atoms with Crippen molar-refractivity contribution in [2.24, 2.45) is 0 Å². The number of ether oxygens (including phenoxy) is 6. The molecule has 0 aromatic heterocycles. The van der Waals surface area contributed by atoms with Crippen molar-refractivity contribution < 1.29 is 57.2 Å². The second-order valence-electron chi connectivity index (χ2n) is 7.65. The number of esters is 5. The lowest BCUT2D eigenvalue weighted by Gasteiger charge is -2.10. The number of rotatable bonds is 18. The van der Waals surface area contributed by atoms with Crippen molar-refractivity contribution in [3.8, 4) is 0 Å². The summed E-state index contributed by atoms with van der Waals surface area (Å²) in [5.41, 5.74) is -0.0122. The van der Waals surface area contributed by atoms with E-state index in [4.69, 9.17) is 28.4 Å². The largest absolute Gasteiger partial charge is 0.462 e. The Morgan fingerprint density at radius 2 is 0.923 bits per heavy atom. The molecule has 1 aromatic rings. The molecule has 0 aliphatic carbocycles. The molecule has 0 fully saturated rings. The summed E-state index contributed by atoms with van der Waals surface area (Å²) in [6, 6.07) is 5.92. The van der Waals surface area contributed by atoms with Crippen LogP contribution in [0.5, 0.6) is 0 Å². The summed E-state index contributed by atoms with van der Waals surface area (Å²) in [5.74, 6) is -3.95. The SMILES string of the molecule is COCCCOC(=O)/C=C/C(=O)OCCCOC(=O)c1ccccc1C(=O)OCCCOC(=O)/C=C/C(C)=O. The first-order chi connectivity index (χ1) is 18.7. The van der Waals surface area contributed by atoms with Crippen LogP contribution < -0.4 is 0 Å². The van der Waals surface area contributed by atoms with E-state index < -0.39 is 29.8 Å². The van der Waals surface area contributed by atoms with Crippen LogP contribution in [0.1, 0.15) is 46.9 Å². The number of carbonyl (C=O) groups excluding carboxylic acids is 6. The molecule has 0 amide bonds. The van der Waals surface area contributed by atoms with Gasteiger partial charge >= 0.3 is 29.8 Å². The molecule has 1 rings (SSSR count). The van der Waals surface area contributed by atoms with Gasteiger partial charge in [0.2, 0.25) is 0 Å². The number of methoxy groups -OCH3 is 1. The van der Waals surface area contributed by atoms with E-state index in [0.717, 1.165) is 24.3 Å². The maximum Gasteiger partial charge on any atom is 0.339 e. The van der Waals surface area contributed by atoms with E-state index in [1.54, 1.807) is 12.1 Å². The fourth-order valence-electron chi connectivity index (χ4n) is 2.63. The quantitative estimate of drug-likeness (QED) is 0.114. The molecule has 0 N–H and O–H groups in total. The molecule has 0 aliphatic rings. The molecule has 39 heavy (non-hydrogen) atoms. The number of allylic oxidation sites excluding steroid dienone is 1. The molecule has 0 atom stereocenters. The third kappa shape index (κ3) is 15.5. The molecule has 0 unspecified atom stereocenters. The minimum atomic E-state index is -0.767. The van der Waals surface area contributed by atoms with Crippen molar-refractivity contribution in [1.29, 1.82) is 0 Å². The van der Waals surface area contributed by atoms with Gasteiger partial charge in [0.25, 0.3) is 0 Å². The second kappa shape index (κ2) is 19.7. The summed E-state index contributed by atoms with van der Waals surface area (Å²) in [4.78, 5) is 70.1. The molecule has 0 radical (unpaired) electrons. The van der Waals surface area contributed by atoms with E-state index in [-0.39, 0.29) is 62.8 Å². The lowest BCUT2D eigenvalue weighted by Crippen LogP contribution is -2.16. The van der Waals surface area contributed by atoms with Gasteiger partial charge in [-0.05, 0) is 25.1 Å². The third-order valence-electron chi connectivity index (χ3n) is 4.45. The van der Waals surface area contributed by atoms with Crippen LogP contribution in [0.25, 0.3) is 0 Å². The van der Waals surface area contributed by atoms with Crippen molar-refractivity contribution in [1.82, 2.24) is 0 Å². The Bertz CT molecular complexity index is 1040. The molecule has 212 valence electrons. The zero-order valence-electron chi connectivity index (χ0n) is 21.9. The van der Waals surface area contributed by atoms with Crippen LogP contribution in [-0.4, -0.2) is 82.4 Å². The van der Waals surface area contributed by atoms with Gasteiger partial charge in [-0.2, -0.15) is 0 Å². The van der Waals surface area contributed by atoms with Gasteiger partial charge in [0.1, 0.15) is 0 Å². The van der Waals surface area contributed by atoms with Gasteiger partial charge in [-0.1, -0.05) is 12.1 Å². The van der Waals surface area contributed by atoms with Crippen molar-refractivity contribution in [2.45, 2.75) is 26.2 Å². The first-order valence-electron chi connectivity index (χ1n) is 12.0. The molecule has 1 aromatic carbocycles. The van der Waals surface area contributed by atoms with Gasteiger partial charge in [-0.3, -0.25) is 4.79 Å². The van der Waals surface area contributed by atoms with Crippen LogP contribution in [0.4, 0.5) is 0 Å². The highest BCUT2D eigenvalue weighted by atomic mass is 16.6. The number of ketones is 1. The van der Waals surface area contributed by atoms with E-state index >= 15 is 0 Å². The molecule has 0 saturated carbocycles. The Labute approximate surface area is 225 Å². The molecule has 0 saturated heterocycles. The summed E-state index contributed by atoms with van der Waals surface area (Å²) in [5, 5.41) is 0. The van der Waals surface area contributed by atoms with E-state index in [9.17, 15) is 28.8 Å². The molecule has 12 heteroatoms. The average molecular weight is 549 g/mol. The van der Waals surface area contributed by atoms with Gasteiger partial charge in [0.05, 0.1) is 44.2 Å². The van der Waals surface area contributed by atoms with Crippen LogP contribution in [-0.2, 0) is 47.6 Å². The summed E-state index contributed by atoms with van der Waals surface area (Å²) in [6.45, 7) is 1.64. The van der Waals surface area contributed by atoms with Crippen LogP contribution in [0, 0.1) is 0 Å². The maximum atomic E-state index is 12.4. The molecule has 12 nitrogen and oxygen atoms in total. The molecular formula is C27H32O12. The van der Waals surface area contributed by atoms with E-state index in [1.165, 1.54) is 26.2 Å². The van der Waals surface area contributed by atoms with Crippen LogP contribution in [0.15, 0.2) is 48.6 Å². The second-order valence-corrected chi connectivity index (χ2v) is 7.65. The lowest BCUT2D eigenvalue weighted by atomic mass is 10.1. The van der Waals surface area contributed by atoms with Gasteiger partial charge in [0.15, 0.2) is 5.78 Å². The normalized spacial score (nSPS) is 10.7. The monoisotopic (exact) mass is 548 g/mol. The predicted octanol–water partition coefficient (Wildman–Crippen LogP) is 2.15. The third-order valence-corrected chi connectivity index (χ3v) is 4.45. The van der Waals surface area contributed by atoms with Crippen molar-refractivity contribution >= 4 is 35.6 Å². The Hall–Kier alpha value is -4.32. The maximum absolute atomic E-state index is 12.4. The number of benzene rings is 1. The summed E-state index contributed by atoms with van der Waals surface area (Å²) in [7, 11) is 1.53. The highest BCUT2D eigenvalue weighted by Crippen LogP contribution is 2.12. The molecule has 0 spiro atoms. The zero-order chi connectivity index (χ0) is 28.9. The minimum Gasteiger partial charge on any atom is -0.462 e. The average Bonchev–Trinajstić information content (AvgIpc) is 2.92. The predicted molar refractivity (Wildman–Crippen MR) is 135 cm³/mol. The fourth-order valence-corrected chi connectivity index (χ4v) is 2.63. The smallest absolute Gasteiger partial charge is 0.339 e. The van der Waals surface area contributed by atoms with Gasteiger partial charge in [-0.15, -0.1) is 0 Å². The summed E-state index contributed by atoms with van der Waals surface area (Å²) >= 11 is 0. The lowest BCUT2D eigenvalue weighted by molar-refractivity contribution is -0.140. The Morgan fingerprint density at radius 1 is 0.564 bits per heavy atom. The number of carbonyl (C=O) groups is 6. The Morgan fingerprint density at radius 3 is 1.31 bits per heavy atom. The summed E-state index contributed by atoms with van der Waals surface area (Å²) in [6.07, 6.45) is 4.89. The van der Waals surface area contributed by atoms with E-state index in [2.05, 4.69) is 0 Å². The summed E-state index contributed by atoms with van der Waals surface area (Å²) < 4.78 is 29.7. The van der Waals surface area contributed by atoms with Crippen LogP contribution >= 0.6 is 0 Å².